The molecule has 1 fully saturated rings. The molecule has 1 saturated heterocycles. The molecule has 0 aliphatic carbocycles. The number of morpholine rings is 1. The Morgan fingerprint density at radius 2 is 1.81 bits per heavy atom. The monoisotopic (exact) mass is 429 g/mol. The van der Waals surface area contributed by atoms with Crippen LogP contribution in [0.25, 0.3) is 17.0 Å². The molecule has 0 radical (unpaired) electrons. The number of hydrogen-bond donors (Lipinski definition) is 0. The molecular weight excluding hydrogens is 410 g/mol. The van der Waals surface area contributed by atoms with E-state index < -0.39 is 5.97 Å². The van der Waals surface area contributed by atoms with Gasteiger partial charge in [0.2, 0.25) is 12.7 Å². The van der Waals surface area contributed by atoms with E-state index in [1.165, 1.54) is 0 Å². The number of pyridine rings is 1. The van der Waals surface area contributed by atoms with Crippen LogP contribution in [0.4, 0.5) is 5.82 Å². The van der Waals surface area contributed by atoms with Gasteiger partial charge in [0.25, 0.3) is 0 Å². The predicted octanol–water partition coefficient (Wildman–Crippen LogP) is 3.14. The Morgan fingerprint density at radius 1 is 0.969 bits per heavy atom. The van der Waals surface area contributed by atoms with Gasteiger partial charge in [0.15, 0.2) is 17.2 Å². The first-order chi connectivity index (χ1) is 15.7. The molecule has 6 rings (SSSR count). The number of aromatic nitrogens is 1. The van der Waals surface area contributed by atoms with Crippen LogP contribution < -0.4 is 14.4 Å². The normalized spacial score (nSPS) is 18.9. The van der Waals surface area contributed by atoms with E-state index in [9.17, 15) is 4.79 Å². The molecule has 0 atom stereocenters. The Kier molecular flexibility index (Phi) is 4.50. The van der Waals surface area contributed by atoms with Crippen LogP contribution in [0.15, 0.2) is 59.2 Å². The Labute approximate surface area is 183 Å². The fraction of sp³-hybridized carbons (Fsp3) is 0.208. The summed E-state index contributed by atoms with van der Waals surface area (Å²) in [6, 6.07) is 15.3. The Balaban J connectivity index is 1.41. The van der Waals surface area contributed by atoms with Crippen molar-refractivity contribution in [3.8, 4) is 11.5 Å². The third-order valence-corrected chi connectivity index (χ3v) is 5.58. The molecule has 32 heavy (non-hydrogen) atoms. The van der Waals surface area contributed by atoms with Gasteiger partial charge in [-0.05, 0) is 36.4 Å². The van der Waals surface area contributed by atoms with Crippen molar-refractivity contribution in [3.63, 3.8) is 0 Å². The van der Waals surface area contributed by atoms with E-state index in [1.54, 1.807) is 24.3 Å². The SMILES string of the molecule is O=C1OC(c2ccc3c(c2)OCO3)=NC1=Cc1cc2ccccc2nc1N1CCOCC1. The molecule has 0 unspecified atom stereocenters. The predicted molar refractivity (Wildman–Crippen MR) is 118 cm³/mol. The number of benzene rings is 2. The van der Waals surface area contributed by atoms with Crippen molar-refractivity contribution >= 4 is 34.7 Å². The maximum Gasteiger partial charge on any atom is 0.363 e. The molecule has 8 nitrogen and oxygen atoms in total. The Morgan fingerprint density at radius 3 is 2.72 bits per heavy atom. The van der Waals surface area contributed by atoms with Crippen molar-refractivity contribution in [2.24, 2.45) is 4.99 Å². The number of carbonyl (C=O) groups excluding carboxylic acids is 1. The lowest BCUT2D eigenvalue weighted by Crippen LogP contribution is -2.37. The number of cyclic esters (lactones) is 1. The number of para-hydroxylation sites is 1. The van der Waals surface area contributed by atoms with Crippen molar-refractivity contribution in [3.05, 3.63) is 65.4 Å². The van der Waals surface area contributed by atoms with Gasteiger partial charge >= 0.3 is 5.97 Å². The standard InChI is InChI=1S/C24H19N3O5/c28-24-19(26-23(32-24)16-5-6-20-21(13-16)31-14-30-20)12-17-11-15-3-1-2-4-18(15)25-22(17)27-7-9-29-10-8-27/h1-6,11-13H,7-10,14H2. The van der Waals surface area contributed by atoms with Crippen molar-refractivity contribution in [2.45, 2.75) is 0 Å². The summed E-state index contributed by atoms with van der Waals surface area (Å²) >= 11 is 0. The number of anilines is 1. The molecule has 3 aliphatic rings. The van der Waals surface area contributed by atoms with Crippen LogP contribution in [0, 0.1) is 0 Å². The molecule has 4 heterocycles. The molecule has 1 aromatic heterocycles. The van der Waals surface area contributed by atoms with Crippen LogP contribution in [0.2, 0.25) is 0 Å². The number of esters is 1. The van der Waals surface area contributed by atoms with Crippen LogP contribution in [0.5, 0.6) is 11.5 Å². The smallest absolute Gasteiger partial charge is 0.363 e. The summed E-state index contributed by atoms with van der Waals surface area (Å²) in [4.78, 5) is 24.1. The van der Waals surface area contributed by atoms with E-state index in [-0.39, 0.29) is 18.4 Å². The highest BCUT2D eigenvalue weighted by atomic mass is 16.7. The lowest BCUT2D eigenvalue weighted by molar-refractivity contribution is -0.129. The summed E-state index contributed by atoms with van der Waals surface area (Å²) in [6.07, 6.45) is 1.74. The molecule has 3 aromatic rings. The topological polar surface area (TPSA) is 82.5 Å². The quantitative estimate of drug-likeness (QED) is 0.467. The number of hydrogen-bond acceptors (Lipinski definition) is 8. The Bertz CT molecular complexity index is 1290. The van der Waals surface area contributed by atoms with Gasteiger partial charge in [0.1, 0.15) is 5.82 Å². The van der Waals surface area contributed by atoms with E-state index >= 15 is 0 Å². The van der Waals surface area contributed by atoms with Gasteiger partial charge in [-0.25, -0.2) is 14.8 Å². The molecule has 0 N–H and O–H groups in total. The zero-order chi connectivity index (χ0) is 21.5. The summed E-state index contributed by atoms with van der Waals surface area (Å²) in [5, 5.41) is 0.989. The van der Waals surface area contributed by atoms with Gasteiger partial charge in [-0.1, -0.05) is 18.2 Å². The number of carbonyl (C=O) groups is 1. The number of nitrogens with zero attached hydrogens (tertiary/aromatic N) is 3. The lowest BCUT2D eigenvalue weighted by atomic mass is 10.1. The van der Waals surface area contributed by atoms with E-state index in [0.29, 0.717) is 30.3 Å². The lowest BCUT2D eigenvalue weighted by Gasteiger charge is -2.29. The first kappa shape index (κ1) is 18.8. The van der Waals surface area contributed by atoms with Crippen molar-refractivity contribution < 1.29 is 23.7 Å². The number of ether oxygens (including phenoxy) is 4. The van der Waals surface area contributed by atoms with Gasteiger partial charge in [0, 0.05) is 29.6 Å². The van der Waals surface area contributed by atoms with Gasteiger partial charge in [-0.15, -0.1) is 0 Å². The Hall–Kier alpha value is -3.91. The van der Waals surface area contributed by atoms with Crippen LogP contribution in [-0.4, -0.2) is 49.9 Å². The molecule has 3 aliphatic heterocycles. The molecular formula is C24H19N3O5. The van der Waals surface area contributed by atoms with E-state index in [1.807, 2.05) is 30.3 Å². The largest absolute Gasteiger partial charge is 0.454 e. The van der Waals surface area contributed by atoms with Gasteiger partial charge in [0.05, 0.1) is 18.7 Å². The second-order valence-corrected chi connectivity index (χ2v) is 7.60. The maximum atomic E-state index is 12.6. The van der Waals surface area contributed by atoms with Crippen LogP contribution in [-0.2, 0) is 14.3 Å². The van der Waals surface area contributed by atoms with E-state index in [2.05, 4.69) is 9.89 Å². The van der Waals surface area contributed by atoms with Crippen molar-refractivity contribution in [2.75, 3.05) is 38.0 Å². The first-order valence-corrected chi connectivity index (χ1v) is 10.4. The molecule has 2 aromatic carbocycles. The summed E-state index contributed by atoms with van der Waals surface area (Å²) < 4.78 is 21.7. The van der Waals surface area contributed by atoms with Crippen LogP contribution in [0.1, 0.15) is 11.1 Å². The summed E-state index contributed by atoms with van der Waals surface area (Å²) in [5.74, 6) is 1.80. The van der Waals surface area contributed by atoms with Gasteiger partial charge in [-0.3, -0.25) is 0 Å². The third-order valence-electron chi connectivity index (χ3n) is 5.58. The third kappa shape index (κ3) is 3.34. The molecule has 0 saturated carbocycles. The van der Waals surface area contributed by atoms with Crippen molar-refractivity contribution in [1.29, 1.82) is 0 Å². The number of aliphatic imine (C=N–C) groups is 1. The van der Waals surface area contributed by atoms with Gasteiger partial charge in [-0.2, -0.15) is 0 Å². The molecule has 0 spiro atoms. The van der Waals surface area contributed by atoms with Gasteiger partial charge < -0.3 is 23.8 Å². The highest BCUT2D eigenvalue weighted by Crippen LogP contribution is 2.34. The minimum Gasteiger partial charge on any atom is -0.454 e. The summed E-state index contributed by atoms with van der Waals surface area (Å²) in [6.45, 7) is 2.92. The summed E-state index contributed by atoms with van der Waals surface area (Å²) in [7, 11) is 0. The minimum atomic E-state index is -0.501. The van der Waals surface area contributed by atoms with Crippen molar-refractivity contribution in [1.82, 2.24) is 4.98 Å². The van der Waals surface area contributed by atoms with E-state index in [0.717, 1.165) is 35.4 Å². The zero-order valence-electron chi connectivity index (χ0n) is 17.1. The zero-order valence-corrected chi connectivity index (χ0v) is 17.1. The fourth-order valence-electron chi connectivity index (χ4n) is 3.97. The average molecular weight is 429 g/mol. The fourth-order valence-corrected chi connectivity index (χ4v) is 3.97. The highest BCUT2D eigenvalue weighted by molar-refractivity contribution is 6.13. The number of rotatable bonds is 3. The van der Waals surface area contributed by atoms with E-state index in [4.69, 9.17) is 23.9 Å². The summed E-state index contributed by atoms with van der Waals surface area (Å²) in [5.41, 5.74) is 2.59. The van der Waals surface area contributed by atoms with Crippen LogP contribution >= 0.6 is 0 Å². The number of fused-ring (bicyclic) bond motifs is 2. The maximum absolute atomic E-state index is 12.6. The second-order valence-electron chi connectivity index (χ2n) is 7.60. The molecule has 0 bridgehead atoms. The van der Waals surface area contributed by atoms with Crippen LogP contribution in [0.3, 0.4) is 0 Å². The first-order valence-electron chi connectivity index (χ1n) is 10.4. The molecule has 8 heteroatoms. The molecule has 0 amide bonds. The minimum absolute atomic E-state index is 0.176. The highest BCUT2D eigenvalue weighted by Gasteiger charge is 2.27. The second kappa shape index (κ2) is 7.65. The average Bonchev–Trinajstić information content (AvgIpc) is 3.45. The molecule has 160 valence electrons.